The second-order valence-electron chi connectivity index (χ2n) is 4.92. The van der Waals surface area contributed by atoms with Gasteiger partial charge in [0.2, 0.25) is 0 Å². The molecule has 0 aliphatic carbocycles. The number of hydrogen-bond acceptors (Lipinski definition) is 2. The minimum atomic E-state index is -4.48. The summed E-state index contributed by atoms with van der Waals surface area (Å²) in [6.07, 6.45) is -4.85. The summed E-state index contributed by atoms with van der Waals surface area (Å²) in [5, 5.41) is 2.60. The lowest BCUT2D eigenvalue weighted by atomic mass is 10.1. The first-order valence-electron chi connectivity index (χ1n) is 6.95. The summed E-state index contributed by atoms with van der Waals surface area (Å²) < 4.78 is 43.3. The topological polar surface area (TPSA) is 38.3 Å². The van der Waals surface area contributed by atoms with Gasteiger partial charge in [0, 0.05) is 19.2 Å². The Balaban J connectivity index is 2.05. The molecule has 1 N–H and O–H groups in total. The lowest BCUT2D eigenvalue weighted by molar-refractivity contribution is -0.137. The van der Waals surface area contributed by atoms with Gasteiger partial charge in [-0.3, -0.25) is 4.79 Å². The quantitative estimate of drug-likeness (QED) is 0.908. The van der Waals surface area contributed by atoms with Gasteiger partial charge in [0.05, 0.1) is 11.7 Å². The minimum Gasteiger partial charge on any atom is -0.375 e. The Morgan fingerprint density at radius 2 is 1.83 bits per heavy atom. The number of alkyl halides is 3. The fraction of sp³-hybridized carbons (Fsp3) is 0.235. The molecule has 0 heterocycles. The fourth-order valence-corrected chi connectivity index (χ4v) is 2.13. The van der Waals surface area contributed by atoms with Crippen molar-refractivity contribution >= 4 is 5.91 Å². The molecule has 2 aromatic rings. The molecule has 0 aliphatic rings. The van der Waals surface area contributed by atoms with Crippen molar-refractivity contribution in [3.05, 3.63) is 71.3 Å². The normalized spacial score (nSPS) is 12.7. The van der Waals surface area contributed by atoms with Crippen LogP contribution in [0, 0.1) is 0 Å². The molecule has 6 heteroatoms. The van der Waals surface area contributed by atoms with Gasteiger partial charge in [0.1, 0.15) is 0 Å². The molecule has 2 rings (SSSR count). The molecule has 0 saturated carbocycles. The average molecular weight is 323 g/mol. The van der Waals surface area contributed by atoms with Crippen LogP contribution < -0.4 is 5.32 Å². The van der Waals surface area contributed by atoms with E-state index in [1.807, 2.05) is 30.3 Å². The molecule has 122 valence electrons. The van der Waals surface area contributed by atoms with Crippen LogP contribution in [0.3, 0.4) is 0 Å². The van der Waals surface area contributed by atoms with Gasteiger partial charge < -0.3 is 10.1 Å². The first-order chi connectivity index (χ1) is 10.9. The van der Waals surface area contributed by atoms with E-state index in [1.54, 1.807) is 0 Å². The first kappa shape index (κ1) is 17.0. The zero-order valence-electron chi connectivity index (χ0n) is 12.4. The smallest absolute Gasteiger partial charge is 0.375 e. The van der Waals surface area contributed by atoms with Crippen LogP contribution in [0.15, 0.2) is 54.6 Å². The lowest BCUT2D eigenvalue weighted by Gasteiger charge is -2.16. The van der Waals surface area contributed by atoms with Crippen LogP contribution >= 0.6 is 0 Å². The summed E-state index contributed by atoms with van der Waals surface area (Å²) in [6, 6.07) is 13.6. The van der Waals surface area contributed by atoms with E-state index in [0.717, 1.165) is 17.7 Å². The first-order valence-corrected chi connectivity index (χ1v) is 6.95. The van der Waals surface area contributed by atoms with E-state index in [4.69, 9.17) is 4.74 Å². The minimum absolute atomic E-state index is 0.0391. The molecule has 0 saturated heterocycles. The van der Waals surface area contributed by atoms with Gasteiger partial charge in [-0.15, -0.1) is 0 Å². The fourth-order valence-electron chi connectivity index (χ4n) is 2.13. The maximum absolute atomic E-state index is 12.7. The maximum atomic E-state index is 12.7. The molecule has 23 heavy (non-hydrogen) atoms. The summed E-state index contributed by atoms with van der Waals surface area (Å²) in [6.45, 7) is 0.162. The number of rotatable bonds is 5. The van der Waals surface area contributed by atoms with Crippen LogP contribution in [0.4, 0.5) is 13.2 Å². The van der Waals surface area contributed by atoms with Crippen LogP contribution in [0.25, 0.3) is 0 Å². The predicted molar refractivity (Wildman–Crippen MR) is 80.0 cm³/mol. The van der Waals surface area contributed by atoms with Crippen molar-refractivity contribution in [1.29, 1.82) is 0 Å². The van der Waals surface area contributed by atoms with E-state index in [2.05, 4.69) is 5.32 Å². The molecule has 0 fully saturated rings. The molecule has 0 aromatic heterocycles. The van der Waals surface area contributed by atoms with Crippen molar-refractivity contribution in [2.45, 2.75) is 12.3 Å². The van der Waals surface area contributed by atoms with Gasteiger partial charge >= 0.3 is 6.18 Å². The second-order valence-corrected chi connectivity index (χ2v) is 4.92. The van der Waals surface area contributed by atoms with Crippen LogP contribution in [0.2, 0.25) is 0 Å². The van der Waals surface area contributed by atoms with E-state index in [9.17, 15) is 18.0 Å². The van der Waals surface area contributed by atoms with E-state index in [0.29, 0.717) is 0 Å². The Labute approximate surface area is 132 Å². The Hall–Kier alpha value is -2.34. The van der Waals surface area contributed by atoms with Gasteiger partial charge in [-0.25, -0.2) is 0 Å². The summed E-state index contributed by atoms with van der Waals surface area (Å²) in [4.78, 5) is 12.0. The highest BCUT2D eigenvalue weighted by molar-refractivity contribution is 5.94. The van der Waals surface area contributed by atoms with Gasteiger partial charge in [0.15, 0.2) is 0 Å². The molecule has 0 bridgehead atoms. The molecule has 0 aliphatic heterocycles. The number of amides is 1. The molecular weight excluding hydrogens is 307 g/mol. The lowest BCUT2D eigenvalue weighted by Crippen LogP contribution is -2.29. The summed E-state index contributed by atoms with van der Waals surface area (Å²) >= 11 is 0. The van der Waals surface area contributed by atoms with Crippen molar-refractivity contribution < 1.29 is 22.7 Å². The second kappa shape index (κ2) is 7.28. The number of methoxy groups -OCH3 is 1. The average Bonchev–Trinajstić information content (AvgIpc) is 2.55. The molecule has 1 atom stereocenters. The highest BCUT2D eigenvalue weighted by atomic mass is 19.4. The third kappa shape index (κ3) is 4.56. The Kier molecular flexibility index (Phi) is 5.39. The number of nitrogens with one attached hydrogen (secondary N) is 1. The molecule has 3 nitrogen and oxygen atoms in total. The van der Waals surface area contributed by atoms with E-state index in [-0.39, 0.29) is 18.2 Å². The van der Waals surface area contributed by atoms with Crippen LogP contribution in [-0.4, -0.2) is 19.6 Å². The molecule has 0 spiro atoms. The van der Waals surface area contributed by atoms with E-state index in [1.165, 1.54) is 19.2 Å². The molecular formula is C17H16F3NO2. The van der Waals surface area contributed by atoms with Crippen molar-refractivity contribution in [2.75, 3.05) is 13.7 Å². The SMILES string of the molecule is COC(CNC(=O)c1cccc(C(F)(F)F)c1)c1ccccc1. The molecule has 1 amide bonds. The molecule has 1 unspecified atom stereocenters. The highest BCUT2D eigenvalue weighted by Gasteiger charge is 2.30. The monoisotopic (exact) mass is 323 g/mol. The number of carbonyl (C=O) groups is 1. The Morgan fingerprint density at radius 1 is 1.13 bits per heavy atom. The predicted octanol–water partition coefficient (Wildman–Crippen LogP) is 3.82. The number of hydrogen-bond donors (Lipinski definition) is 1. The summed E-state index contributed by atoms with van der Waals surface area (Å²) in [5.74, 6) is -0.575. The summed E-state index contributed by atoms with van der Waals surface area (Å²) in [7, 11) is 1.51. The van der Waals surface area contributed by atoms with Gasteiger partial charge in [-0.05, 0) is 23.8 Å². The van der Waals surface area contributed by atoms with Gasteiger partial charge in [0.25, 0.3) is 5.91 Å². The maximum Gasteiger partial charge on any atom is 0.416 e. The molecule has 0 radical (unpaired) electrons. The standard InChI is InChI=1S/C17H16F3NO2/c1-23-15(12-6-3-2-4-7-12)11-21-16(22)13-8-5-9-14(10-13)17(18,19)20/h2-10,15H,11H2,1H3,(H,21,22). The van der Waals surface area contributed by atoms with Crippen molar-refractivity contribution in [3.63, 3.8) is 0 Å². The highest BCUT2D eigenvalue weighted by Crippen LogP contribution is 2.29. The third-order valence-corrected chi connectivity index (χ3v) is 3.36. The van der Waals surface area contributed by atoms with Crippen molar-refractivity contribution in [1.82, 2.24) is 5.32 Å². The van der Waals surface area contributed by atoms with E-state index < -0.39 is 17.6 Å². The zero-order valence-corrected chi connectivity index (χ0v) is 12.4. The zero-order chi connectivity index (χ0) is 16.9. The number of benzene rings is 2. The largest absolute Gasteiger partial charge is 0.416 e. The number of carbonyl (C=O) groups excluding carboxylic acids is 1. The Morgan fingerprint density at radius 3 is 2.43 bits per heavy atom. The number of ether oxygens (including phenoxy) is 1. The van der Waals surface area contributed by atoms with Crippen molar-refractivity contribution in [3.8, 4) is 0 Å². The van der Waals surface area contributed by atoms with Gasteiger partial charge in [-0.2, -0.15) is 13.2 Å². The Bertz CT molecular complexity index is 656. The van der Waals surface area contributed by atoms with E-state index >= 15 is 0 Å². The van der Waals surface area contributed by atoms with Crippen LogP contribution in [-0.2, 0) is 10.9 Å². The molecule has 2 aromatic carbocycles. The van der Waals surface area contributed by atoms with Crippen LogP contribution in [0.1, 0.15) is 27.6 Å². The third-order valence-electron chi connectivity index (χ3n) is 3.36. The van der Waals surface area contributed by atoms with Gasteiger partial charge in [-0.1, -0.05) is 36.4 Å². The number of halogens is 3. The summed E-state index contributed by atoms with van der Waals surface area (Å²) in [5.41, 5.74) is -0.0152. The van der Waals surface area contributed by atoms with Crippen LogP contribution in [0.5, 0.6) is 0 Å². The van der Waals surface area contributed by atoms with Crippen molar-refractivity contribution in [2.24, 2.45) is 0 Å².